The van der Waals surface area contributed by atoms with E-state index in [2.05, 4.69) is 0 Å². The SMILES string of the molecule is Cn1c(Oc2ccc(N)cc2)c(C=C(C#N)C#N)c2ccccc21. The van der Waals surface area contributed by atoms with Gasteiger partial charge in [0.1, 0.15) is 23.5 Å². The number of hydrogen-bond acceptors (Lipinski definition) is 4. The summed E-state index contributed by atoms with van der Waals surface area (Å²) in [6, 6.07) is 18.6. The van der Waals surface area contributed by atoms with Crippen molar-refractivity contribution in [2.24, 2.45) is 7.05 Å². The number of rotatable bonds is 3. The second-order valence-corrected chi connectivity index (χ2v) is 5.25. The van der Waals surface area contributed by atoms with Crippen LogP contribution in [0.15, 0.2) is 54.1 Å². The van der Waals surface area contributed by atoms with Crippen LogP contribution in [0.25, 0.3) is 17.0 Å². The van der Waals surface area contributed by atoms with E-state index in [0.29, 0.717) is 22.9 Å². The fourth-order valence-electron chi connectivity index (χ4n) is 2.54. The van der Waals surface area contributed by atoms with Crippen molar-refractivity contribution in [3.05, 3.63) is 59.7 Å². The van der Waals surface area contributed by atoms with Crippen LogP contribution in [0.1, 0.15) is 5.56 Å². The number of benzene rings is 2. The number of nitrogen functional groups attached to an aromatic ring is 1. The van der Waals surface area contributed by atoms with Crippen LogP contribution in [-0.2, 0) is 7.05 Å². The lowest BCUT2D eigenvalue weighted by Gasteiger charge is -2.09. The minimum Gasteiger partial charge on any atom is -0.440 e. The Labute approximate surface area is 139 Å². The predicted molar refractivity (Wildman–Crippen MR) is 93.1 cm³/mol. The summed E-state index contributed by atoms with van der Waals surface area (Å²) in [4.78, 5) is 0. The number of anilines is 1. The molecule has 2 N–H and O–H groups in total. The van der Waals surface area contributed by atoms with Crippen molar-refractivity contribution >= 4 is 22.7 Å². The van der Waals surface area contributed by atoms with Crippen molar-refractivity contribution in [2.75, 3.05) is 5.73 Å². The van der Waals surface area contributed by atoms with Crippen LogP contribution in [-0.4, -0.2) is 4.57 Å². The Hall–Kier alpha value is -3.70. The molecule has 0 aliphatic heterocycles. The number of ether oxygens (including phenoxy) is 1. The third kappa shape index (κ3) is 2.67. The maximum Gasteiger partial charge on any atom is 0.208 e. The van der Waals surface area contributed by atoms with Gasteiger partial charge in [-0.3, -0.25) is 0 Å². The topological polar surface area (TPSA) is 87.8 Å². The summed E-state index contributed by atoms with van der Waals surface area (Å²) >= 11 is 0. The lowest BCUT2D eigenvalue weighted by molar-refractivity contribution is 0.445. The molecule has 0 bridgehead atoms. The molecule has 1 aromatic heterocycles. The Morgan fingerprint density at radius 1 is 1.08 bits per heavy atom. The summed E-state index contributed by atoms with van der Waals surface area (Å²) in [5.41, 5.74) is 8.02. The molecule has 0 radical (unpaired) electrons. The van der Waals surface area contributed by atoms with Gasteiger partial charge < -0.3 is 15.0 Å². The lowest BCUT2D eigenvalue weighted by Crippen LogP contribution is -1.95. The Bertz CT molecular complexity index is 998. The molecule has 116 valence electrons. The zero-order valence-corrected chi connectivity index (χ0v) is 13.0. The van der Waals surface area contributed by atoms with Crippen LogP contribution < -0.4 is 10.5 Å². The standard InChI is InChI=1S/C19H14N4O/c1-23-18-5-3-2-4-16(18)17(10-13(11-20)12-21)19(23)24-15-8-6-14(22)7-9-15/h2-10H,22H2,1H3. The average Bonchev–Trinajstić information content (AvgIpc) is 2.87. The molecule has 3 rings (SSSR count). The van der Waals surface area contributed by atoms with E-state index in [0.717, 1.165) is 10.9 Å². The van der Waals surface area contributed by atoms with Gasteiger partial charge in [0, 0.05) is 23.7 Å². The van der Waals surface area contributed by atoms with Gasteiger partial charge in [0.2, 0.25) is 5.88 Å². The Morgan fingerprint density at radius 3 is 2.42 bits per heavy atom. The van der Waals surface area contributed by atoms with Gasteiger partial charge in [-0.25, -0.2) is 0 Å². The van der Waals surface area contributed by atoms with Gasteiger partial charge in [-0.2, -0.15) is 10.5 Å². The Balaban J connectivity index is 2.21. The number of fused-ring (bicyclic) bond motifs is 1. The molecule has 5 heteroatoms. The number of nitrogens with zero attached hydrogens (tertiary/aromatic N) is 3. The van der Waals surface area contributed by atoms with Crippen LogP contribution >= 0.6 is 0 Å². The fraction of sp³-hybridized carbons (Fsp3) is 0.0526. The molecule has 0 saturated heterocycles. The lowest BCUT2D eigenvalue weighted by atomic mass is 10.1. The highest BCUT2D eigenvalue weighted by atomic mass is 16.5. The molecule has 3 aromatic rings. The number of para-hydroxylation sites is 1. The molecule has 0 fully saturated rings. The maximum absolute atomic E-state index is 9.08. The first-order chi connectivity index (χ1) is 11.6. The normalized spacial score (nSPS) is 9.96. The molecule has 0 spiro atoms. The molecule has 24 heavy (non-hydrogen) atoms. The summed E-state index contributed by atoms with van der Waals surface area (Å²) in [6.45, 7) is 0. The predicted octanol–water partition coefficient (Wildman–Crippen LogP) is 3.98. The van der Waals surface area contributed by atoms with Gasteiger partial charge in [0.15, 0.2) is 0 Å². The van der Waals surface area contributed by atoms with E-state index in [-0.39, 0.29) is 5.57 Å². The van der Waals surface area contributed by atoms with E-state index in [4.69, 9.17) is 21.0 Å². The Morgan fingerprint density at radius 2 is 1.75 bits per heavy atom. The van der Waals surface area contributed by atoms with Crippen molar-refractivity contribution in [1.29, 1.82) is 10.5 Å². The quantitative estimate of drug-likeness (QED) is 0.585. The number of aromatic nitrogens is 1. The highest BCUT2D eigenvalue weighted by molar-refractivity contribution is 5.94. The highest BCUT2D eigenvalue weighted by Crippen LogP contribution is 2.35. The molecule has 0 saturated carbocycles. The van der Waals surface area contributed by atoms with Gasteiger partial charge in [-0.15, -0.1) is 0 Å². The fourth-order valence-corrected chi connectivity index (χ4v) is 2.54. The summed E-state index contributed by atoms with van der Waals surface area (Å²) in [6.07, 6.45) is 1.55. The van der Waals surface area contributed by atoms with E-state index >= 15 is 0 Å². The zero-order valence-electron chi connectivity index (χ0n) is 13.0. The molecule has 1 heterocycles. The number of nitrogens with two attached hydrogens (primary N) is 1. The van der Waals surface area contributed by atoms with Gasteiger partial charge >= 0.3 is 0 Å². The van der Waals surface area contributed by atoms with E-state index in [1.54, 1.807) is 30.3 Å². The van der Waals surface area contributed by atoms with Crippen LogP contribution in [0.5, 0.6) is 11.6 Å². The number of nitriles is 2. The first-order valence-corrected chi connectivity index (χ1v) is 7.26. The monoisotopic (exact) mass is 314 g/mol. The van der Waals surface area contributed by atoms with Gasteiger partial charge in [0.05, 0.1) is 5.52 Å². The first-order valence-electron chi connectivity index (χ1n) is 7.26. The largest absolute Gasteiger partial charge is 0.440 e. The third-order valence-corrected chi connectivity index (χ3v) is 3.71. The minimum atomic E-state index is 0.0218. The maximum atomic E-state index is 9.08. The van der Waals surface area contributed by atoms with Crippen LogP contribution in [0.2, 0.25) is 0 Å². The summed E-state index contributed by atoms with van der Waals surface area (Å²) in [7, 11) is 1.88. The minimum absolute atomic E-state index is 0.0218. The molecule has 0 amide bonds. The second-order valence-electron chi connectivity index (χ2n) is 5.25. The van der Waals surface area contributed by atoms with Gasteiger partial charge in [0.25, 0.3) is 0 Å². The van der Waals surface area contributed by atoms with Crippen molar-refractivity contribution in [1.82, 2.24) is 4.57 Å². The molecule has 0 atom stereocenters. The molecule has 0 aliphatic rings. The van der Waals surface area contributed by atoms with Crippen LogP contribution in [0.4, 0.5) is 5.69 Å². The van der Waals surface area contributed by atoms with E-state index in [1.807, 2.05) is 48.0 Å². The third-order valence-electron chi connectivity index (χ3n) is 3.71. The summed E-state index contributed by atoms with van der Waals surface area (Å²) in [5, 5.41) is 19.1. The smallest absolute Gasteiger partial charge is 0.208 e. The first kappa shape index (κ1) is 15.2. The Kier molecular flexibility index (Phi) is 3.93. The van der Waals surface area contributed by atoms with E-state index < -0.39 is 0 Å². The van der Waals surface area contributed by atoms with Crippen molar-refractivity contribution in [2.45, 2.75) is 0 Å². The zero-order chi connectivity index (χ0) is 17.1. The van der Waals surface area contributed by atoms with E-state index in [9.17, 15) is 0 Å². The van der Waals surface area contributed by atoms with Crippen molar-refractivity contribution in [3.63, 3.8) is 0 Å². The number of aryl methyl sites for hydroxylation is 1. The number of allylic oxidation sites excluding steroid dienone is 1. The van der Waals surface area contributed by atoms with Crippen molar-refractivity contribution < 1.29 is 4.74 Å². The van der Waals surface area contributed by atoms with Gasteiger partial charge in [-0.05, 0) is 36.4 Å². The molecule has 5 nitrogen and oxygen atoms in total. The molecular formula is C19H14N4O. The molecule has 2 aromatic carbocycles. The number of hydrogen-bond donors (Lipinski definition) is 1. The van der Waals surface area contributed by atoms with Crippen molar-refractivity contribution in [3.8, 4) is 23.8 Å². The van der Waals surface area contributed by atoms with Crippen LogP contribution in [0, 0.1) is 22.7 Å². The van der Waals surface area contributed by atoms with Gasteiger partial charge in [-0.1, -0.05) is 18.2 Å². The van der Waals surface area contributed by atoms with Crippen LogP contribution in [0.3, 0.4) is 0 Å². The molecular weight excluding hydrogens is 300 g/mol. The molecule has 0 unspecified atom stereocenters. The summed E-state index contributed by atoms with van der Waals surface area (Å²) < 4.78 is 7.91. The average molecular weight is 314 g/mol. The second kappa shape index (κ2) is 6.20. The molecule has 0 aliphatic carbocycles. The summed E-state index contributed by atoms with van der Waals surface area (Å²) in [5.74, 6) is 1.18. The van der Waals surface area contributed by atoms with E-state index in [1.165, 1.54) is 0 Å². The highest BCUT2D eigenvalue weighted by Gasteiger charge is 2.16.